The molecule has 1 aromatic heterocycles. The molecule has 3 fully saturated rings. The molecule has 4 aromatic rings. The summed E-state index contributed by atoms with van der Waals surface area (Å²) in [5, 5.41) is 4.26. The average Bonchev–Trinajstić information content (AvgIpc) is 3.80. The lowest BCUT2D eigenvalue weighted by Gasteiger charge is -2.43. The third kappa shape index (κ3) is 4.98. The van der Waals surface area contributed by atoms with Crippen molar-refractivity contribution in [2.45, 2.75) is 29.5 Å². The number of nitrogens with zero attached hydrogens (tertiary/aromatic N) is 1. The maximum atomic E-state index is 14.0. The number of aromatic amines is 1. The van der Waals surface area contributed by atoms with Crippen molar-refractivity contribution in [1.29, 1.82) is 0 Å². The number of thiazole rings is 1. The van der Waals surface area contributed by atoms with Crippen molar-refractivity contribution >= 4 is 63.8 Å². The molecule has 8 rings (SSSR count). The molecule has 9 nitrogen and oxygen atoms in total. The van der Waals surface area contributed by atoms with Gasteiger partial charge in [0.2, 0.25) is 11.8 Å². The Hall–Kier alpha value is -4.06. The lowest BCUT2D eigenvalue weighted by atomic mass is 9.68. The molecule has 0 radical (unpaired) electrons. The van der Waals surface area contributed by atoms with Crippen LogP contribution in [0.25, 0.3) is 0 Å². The van der Waals surface area contributed by atoms with Crippen molar-refractivity contribution in [3.63, 3.8) is 0 Å². The maximum Gasteiger partial charge on any atom is 0.305 e. The van der Waals surface area contributed by atoms with Gasteiger partial charge in [-0.2, -0.15) is 0 Å². The Labute approximate surface area is 283 Å². The predicted octanol–water partition coefficient (Wildman–Crippen LogP) is 6.10. The van der Waals surface area contributed by atoms with E-state index in [9.17, 15) is 19.2 Å². The number of carbonyl (C=O) groups excluding carboxylic acids is 3. The summed E-state index contributed by atoms with van der Waals surface area (Å²) in [4.78, 5) is 58.4. The molecule has 12 heteroatoms. The largest absolute Gasteiger partial charge is 0.493 e. The Balaban J connectivity index is 1.09. The molecule has 240 valence electrons. The maximum absolute atomic E-state index is 14.0. The van der Waals surface area contributed by atoms with E-state index in [2.05, 4.69) is 10.3 Å². The molecule has 47 heavy (non-hydrogen) atoms. The van der Waals surface area contributed by atoms with Crippen LogP contribution in [0.3, 0.4) is 0 Å². The minimum absolute atomic E-state index is 0.0109. The van der Waals surface area contributed by atoms with Crippen LogP contribution in [-0.2, 0) is 14.4 Å². The van der Waals surface area contributed by atoms with Crippen LogP contribution in [0.2, 0.25) is 5.02 Å². The first-order chi connectivity index (χ1) is 22.7. The summed E-state index contributed by atoms with van der Waals surface area (Å²) >= 11 is 8.79. The highest BCUT2D eigenvalue weighted by Crippen LogP contribution is 2.68. The van der Waals surface area contributed by atoms with Gasteiger partial charge in [-0.3, -0.25) is 24.1 Å². The molecule has 2 N–H and O–H groups in total. The molecule has 0 spiro atoms. The number of ether oxygens (including phenoxy) is 2. The lowest BCUT2D eigenvalue weighted by Crippen LogP contribution is -2.42. The SMILES string of the molecule is COc1cc([C@H]2c3sc(=O)[nH]c3SC3C2[C@H]2C[C@@H]3C3C(=O)N(c4ccc(C)cc4)C(=O)C32)ccc1OCC(=O)Nc1ccc(Cl)cc1. The molecule has 4 unspecified atom stereocenters. The van der Waals surface area contributed by atoms with Gasteiger partial charge >= 0.3 is 4.87 Å². The number of hydrogen-bond acceptors (Lipinski definition) is 8. The number of methoxy groups -OCH3 is 1. The highest BCUT2D eigenvalue weighted by Gasteiger charge is 2.69. The molecule has 7 atom stereocenters. The van der Waals surface area contributed by atoms with Gasteiger partial charge in [0.25, 0.3) is 5.91 Å². The van der Waals surface area contributed by atoms with Crippen LogP contribution in [0.5, 0.6) is 11.5 Å². The van der Waals surface area contributed by atoms with Gasteiger partial charge in [0.15, 0.2) is 18.1 Å². The number of aryl methyl sites for hydroxylation is 1. The number of thioether (sulfide) groups is 1. The van der Waals surface area contributed by atoms with Crippen molar-refractivity contribution in [2.24, 2.45) is 29.6 Å². The summed E-state index contributed by atoms with van der Waals surface area (Å²) in [5.74, 6) is -0.574. The van der Waals surface area contributed by atoms with Gasteiger partial charge < -0.3 is 19.8 Å². The number of rotatable bonds is 7. The molecule has 2 saturated carbocycles. The van der Waals surface area contributed by atoms with E-state index in [0.29, 0.717) is 27.9 Å². The summed E-state index contributed by atoms with van der Waals surface area (Å²) in [6.07, 6.45) is 0.799. The fourth-order valence-corrected chi connectivity index (χ4v) is 11.2. The van der Waals surface area contributed by atoms with E-state index < -0.39 is 0 Å². The summed E-state index contributed by atoms with van der Waals surface area (Å²) in [6, 6.07) is 20.0. The summed E-state index contributed by atoms with van der Waals surface area (Å²) < 4.78 is 11.6. The average molecular weight is 688 g/mol. The van der Waals surface area contributed by atoms with Crippen LogP contribution in [0.15, 0.2) is 76.6 Å². The molecule has 2 aliphatic carbocycles. The highest BCUT2D eigenvalue weighted by atomic mass is 35.5. The zero-order valence-corrected chi connectivity index (χ0v) is 27.8. The van der Waals surface area contributed by atoms with Gasteiger partial charge in [0.05, 0.1) is 29.7 Å². The first kappa shape index (κ1) is 30.3. The van der Waals surface area contributed by atoms with Crippen LogP contribution < -0.4 is 24.6 Å². The monoisotopic (exact) mass is 687 g/mol. The standard InChI is InChI=1S/C35H30ClN3O6S2/c1-16-3-10-20(11-4-16)39-33(41)28-21-14-22(29(28)34(39)42)30-27(21)26(31-32(46-30)38-35(43)47-31)17-5-12-23(24(13-17)44-2)45-15-25(40)37-19-8-6-18(36)7-9-19/h3-13,21-22,26-30H,14-15H2,1-2H3,(H,37,40)(H,38,43)/t21-,22-,26-,27?,28?,29?,30?/m1/s1. The molecular weight excluding hydrogens is 658 g/mol. The molecule has 1 saturated heterocycles. The van der Waals surface area contributed by atoms with E-state index in [1.54, 1.807) is 49.2 Å². The number of halogens is 1. The van der Waals surface area contributed by atoms with Crippen molar-refractivity contribution in [2.75, 3.05) is 23.9 Å². The number of imide groups is 1. The lowest BCUT2D eigenvalue weighted by molar-refractivity contribution is -0.123. The zero-order chi connectivity index (χ0) is 32.6. The van der Waals surface area contributed by atoms with E-state index in [-0.39, 0.29) is 70.0 Å². The van der Waals surface area contributed by atoms with Crippen molar-refractivity contribution in [3.8, 4) is 11.5 Å². The fraction of sp³-hybridized carbons (Fsp3) is 0.314. The number of nitrogens with one attached hydrogen (secondary N) is 2. The van der Waals surface area contributed by atoms with E-state index in [0.717, 1.165) is 27.5 Å². The second kappa shape index (κ2) is 11.6. The second-order valence-corrected chi connectivity index (χ2v) is 15.2. The molecule has 2 aliphatic heterocycles. The minimum atomic E-state index is -0.390. The molecular formula is C35H30ClN3O6S2. The Morgan fingerprint density at radius 2 is 1.70 bits per heavy atom. The first-order valence-corrected chi connectivity index (χ1v) is 17.5. The van der Waals surface area contributed by atoms with E-state index >= 15 is 0 Å². The van der Waals surface area contributed by atoms with Gasteiger partial charge in [-0.15, -0.1) is 11.8 Å². The third-order valence-electron chi connectivity index (χ3n) is 10.0. The normalized spacial score (nSPS) is 27.0. The smallest absolute Gasteiger partial charge is 0.305 e. The number of fused-ring (bicyclic) bond motifs is 9. The van der Waals surface area contributed by atoms with Gasteiger partial charge in [-0.05, 0) is 85.2 Å². The Kier molecular flexibility index (Phi) is 7.46. The highest BCUT2D eigenvalue weighted by molar-refractivity contribution is 8.00. The van der Waals surface area contributed by atoms with Crippen LogP contribution in [-0.4, -0.2) is 41.7 Å². The molecule has 3 aromatic carbocycles. The van der Waals surface area contributed by atoms with Crippen molar-refractivity contribution in [1.82, 2.24) is 4.98 Å². The summed E-state index contributed by atoms with van der Waals surface area (Å²) in [7, 11) is 1.55. The number of benzene rings is 3. The molecule has 3 heterocycles. The van der Waals surface area contributed by atoms with Gasteiger partial charge in [0.1, 0.15) is 0 Å². The van der Waals surface area contributed by atoms with E-state index in [1.807, 2.05) is 43.3 Å². The summed E-state index contributed by atoms with van der Waals surface area (Å²) in [6.45, 7) is 1.75. The quantitative estimate of drug-likeness (QED) is 0.226. The second-order valence-electron chi connectivity index (χ2n) is 12.6. The number of carbonyl (C=O) groups is 3. The molecule has 4 aliphatic rings. The minimum Gasteiger partial charge on any atom is -0.493 e. The Morgan fingerprint density at radius 3 is 2.43 bits per heavy atom. The predicted molar refractivity (Wildman–Crippen MR) is 181 cm³/mol. The van der Waals surface area contributed by atoms with E-state index in [4.69, 9.17) is 21.1 Å². The molecule has 3 amide bonds. The van der Waals surface area contributed by atoms with Crippen LogP contribution in [0.4, 0.5) is 11.4 Å². The van der Waals surface area contributed by atoms with E-state index in [1.165, 1.54) is 16.2 Å². The number of anilines is 2. The number of amides is 3. The number of H-pyrrole nitrogens is 1. The zero-order valence-electron chi connectivity index (χ0n) is 25.4. The van der Waals surface area contributed by atoms with Crippen molar-refractivity contribution in [3.05, 3.63) is 97.4 Å². The van der Waals surface area contributed by atoms with Crippen LogP contribution in [0.1, 0.15) is 28.3 Å². The van der Waals surface area contributed by atoms with Crippen molar-refractivity contribution < 1.29 is 23.9 Å². The topological polar surface area (TPSA) is 118 Å². The third-order valence-corrected chi connectivity index (χ3v) is 12.9. The molecule has 2 bridgehead atoms. The van der Waals surface area contributed by atoms with Gasteiger partial charge in [-0.25, -0.2) is 0 Å². The van der Waals surface area contributed by atoms with Gasteiger partial charge in [0, 0.05) is 26.8 Å². The first-order valence-electron chi connectivity index (χ1n) is 15.4. The van der Waals surface area contributed by atoms with Crippen LogP contribution in [0, 0.1) is 36.5 Å². The fourth-order valence-electron chi connectivity index (χ4n) is 8.21. The Morgan fingerprint density at radius 1 is 0.979 bits per heavy atom. The number of aromatic nitrogens is 1. The summed E-state index contributed by atoms with van der Waals surface area (Å²) in [5.41, 5.74) is 3.22. The van der Waals surface area contributed by atoms with Crippen LogP contribution >= 0.6 is 34.7 Å². The number of hydrogen-bond donors (Lipinski definition) is 2. The Bertz CT molecular complexity index is 1980. The van der Waals surface area contributed by atoms with Gasteiger partial charge in [-0.1, -0.05) is 46.7 Å².